The fourth-order valence-corrected chi connectivity index (χ4v) is 3.83. The summed E-state index contributed by atoms with van der Waals surface area (Å²) < 4.78 is 17.2. The molecule has 0 saturated carbocycles. The Morgan fingerprint density at radius 2 is 2.24 bits per heavy atom. The second kappa shape index (κ2) is 6.95. The molecule has 1 spiro atoms. The summed E-state index contributed by atoms with van der Waals surface area (Å²) >= 11 is 0. The molecule has 0 radical (unpaired) electrons. The van der Waals surface area contributed by atoms with Gasteiger partial charge >= 0.3 is 0 Å². The summed E-state index contributed by atoms with van der Waals surface area (Å²) in [5.74, 6) is 1.74. The molecule has 2 aliphatic rings. The molecular formula is C17H27NO3. The first-order chi connectivity index (χ1) is 10.3. The van der Waals surface area contributed by atoms with Gasteiger partial charge in [-0.1, -0.05) is 0 Å². The summed E-state index contributed by atoms with van der Waals surface area (Å²) in [6, 6.07) is 4.02. The van der Waals surface area contributed by atoms with E-state index in [2.05, 4.69) is 17.9 Å². The van der Waals surface area contributed by atoms with Gasteiger partial charge in [-0.25, -0.2) is 0 Å². The fraction of sp³-hybridized carbons (Fsp3) is 0.765. The van der Waals surface area contributed by atoms with Crippen LogP contribution in [-0.4, -0.2) is 43.4 Å². The Kier molecular flexibility index (Phi) is 4.99. The van der Waals surface area contributed by atoms with E-state index in [1.807, 2.05) is 6.07 Å². The molecule has 2 fully saturated rings. The first kappa shape index (κ1) is 15.1. The average Bonchev–Trinajstić information content (AvgIpc) is 3.13. The number of likely N-dealkylation sites (tertiary alicyclic amines) is 1. The lowest BCUT2D eigenvalue weighted by Crippen LogP contribution is -2.47. The Bertz CT molecular complexity index is 410. The zero-order valence-electron chi connectivity index (χ0n) is 13.1. The molecule has 2 aliphatic heterocycles. The van der Waals surface area contributed by atoms with E-state index in [0.29, 0.717) is 5.92 Å². The molecule has 1 aromatic heterocycles. The van der Waals surface area contributed by atoms with Crippen molar-refractivity contribution >= 4 is 0 Å². The molecule has 0 unspecified atom stereocenters. The van der Waals surface area contributed by atoms with Crippen molar-refractivity contribution in [1.82, 2.24) is 4.90 Å². The molecule has 1 atom stereocenters. The van der Waals surface area contributed by atoms with E-state index in [9.17, 15) is 0 Å². The predicted molar refractivity (Wildman–Crippen MR) is 81.1 cm³/mol. The van der Waals surface area contributed by atoms with Crippen LogP contribution in [-0.2, 0) is 16.0 Å². The highest BCUT2D eigenvalue weighted by molar-refractivity contribution is 5.01. The lowest BCUT2D eigenvalue weighted by atomic mass is 9.78. The van der Waals surface area contributed by atoms with Gasteiger partial charge in [0, 0.05) is 32.9 Å². The molecule has 2 saturated heterocycles. The van der Waals surface area contributed by atoms with E-state index in [4.69, 9.17) is 13.9 Å². The van der Waals surface area contributed by atoms with E-state index >= 15 is 0 Å². The van der Waals surface area contributed by atoms with Crippen molar-refractivity contribution in [3.63, 3.8) is 0 Å². The summed E-state index contributed by atoms with van der Waals surface area (Å²) in [7, 11) is 0. The summed E-state index contributed by atoms with van der Waals surface area (Å²) in [6.45, 7) is 7.81. The van der Waals surface area contributed by atoms with Crippen molar-refractivity contribution in [1.29, 1.82) is 0 Å². The highest BCUT2D eigenvalue weighted by Crippen LogP contribution is 2.42. The number of piperidine rings is 1. The van der Waals surface area contributed by atoms with E-state index < -0.39 is 0 Å². The standard InChI is InChI=1S/C17H27NO3/c1-2-19-12-5-15-6-13-21-17(15)7-9-18(10-8-17)14-16-4-3-11-20-16/h3-4,11,15H,2,5-10,12-14H2,1H3/t15-/m0/s1. The third-order valence-electron chi connectivity index (χ3n) is 5.08. The molecule has 3 heterocycles. The monoisotopic (exact) mass is 293 g/mol. The van der Waals surface area contributed by atoms with Gasteiger partial charge in [-0.05, 0) is 50.7 Å². The number of rotatable bonds is 6. The normalized spacial score (nSPS) is 25.7. The van der Waals surface area contributed by atoms with Crippen LogP contribution in [0.25, 0.3) is 0 Å². The molecule has 0 bridgehead atoms. The summed E-state index contributed by atoms with van der Waals surface area (Å²) in [4.78, 5) is 2.48. The van der Waals surface area contributed by atoms with Gasteiger partial charge in [-0.15, -0.1) is 0 Å². The molecule has 0 amide bonds. The predicted octanol–water partition coefficient (Wildman–Crippen LogP) is 3.08. The minimum Gasteiger partial charge on any atom is -0.468 e. The first-order valence-electron chi connectivity index (χ1n) is 8.29. The largest absolute Gasteiger partial charge is 0.468 e. The van der Waals surface area contributed by atoms with Gasteiger partial charge in [0.1, 0.15) is 5.76 Å². The Morgan fingerprint density at radius 3 is 2.95 bits per heavy atom. The van der Waals surface area contributed by atoms with E-state index in [1.165, 1.54) is 6.42 Å². The molecule has 0 aliphatic carbocycles. The van der Waals surface area contributed by atoms with Gasteiger partial charge in [-0.3, -0.25) is 4.90 Å². The number of ether oxygens (including phenoxy) is 2. The van der Waals surface area contributed by atoms with Crippen LogP contribution in [0.2, 0.25) is 0 Å². The second-order valence-electron chi connectivity index (χ2n) is 6.24. The quantitative estimate of drug-likeness (QED) is 0.755. The highest BCUT2D eigenvalue weighted by Gasteiger charge is 2.45. The van der Waals surface area contributed by atoms with Gasteiger partial charge in [-0.2, -0.15) is 0 Å². The zero-order chi connectivity index (χ0) is 14.5. The van der Waals surface area contributed by atoms with Crippen LogP contribution in [0, 0.1) is 5.92 Å². The van der Waals surface area contributed by atoms with Crippen molar-refractivity contribution in [2.75, 3.05) is 32.9 Å². The number of hydrogen-bond donors (Lipinski definition) is 0. The maximum absolute atomic E-state index is 6.20. The minimum atomic E-state index is 0.122. The van der Waals surface area contributed by atoms with Gasteiger partial charge in [0.25, 0.3) is 0 Å². The fourth-order valence-electron chi connectivity index (χ4n) is 3.83. The molecule has 4 nitrogen and oxygen atoms in total. The molecule has 21 heavy (non-hydrogen) atoms. The molecule has 3 rings (SSSR count). The van der Waals surface area contributed by atoms with Crippen molar-refractivity contribution in [3.05, 3.63) is 24.2 Å². The van der Waals surface area contributed by atoms with E-state index in [-0.39, 0.29) is 5.60 Å². The second-order valence-corrected chi connectivity index (χ2v) is 6.24. The first-order valence-corrected chi connectivity index (χ1v) is 8.29. The van der Waals surface area contributed by atoms with Crippen molar-refractivity contribution in [3.8, 4) is 0 Å². The topological polar surface area (TPSA) is 34.8 Å². The smallest absolute Gasteiger partial charge is 0.117 e. The van der Waals surface area contributed by atoms with Crippen LogP contribution in [0.15, 0.2) is 22.8 Å². The van der Waals surface area contributed by atoms with Gasteiger partial charge in [0.05, 0.1) is 18.4 Å². The van der Waals surface area contributed by atoms with Crippen molar-refractivity contribution in [2.24, 2.45) is 5.92 Å². The lowest BCUT2D eigenvalue weighted by molar-refractivity contribution is -0.0734. The highest BCUT2D eigenvalue weighted by atomic mass is 16.5. The van der Waals surface area contributed by atoms with E-state index in [1.54, 1.807) is 6.26 Å². The molecule has 118 valence electrons. The molecule has 4 heteroatoms. The number of furan rings is 1. The van der Waals surface area contributed by atoms with Crippen LogP contribution >= 0.6 is 0 Å². The van der Waals surface area contributed by atoms with Crippen LogP contribution in [0.5, 0.6) is 0 Å². The summed E-state index contributed by atoms with van der Waals surface area (Å²) in [5.41, 5.74) is 0.122. The summed E-state index contributed by atoms with van der Waals surface area (Å²) in [6.07, 6.45) is 6.39. The summed E-state index contributed by atoms with van der Waals surface area (Å²) in [5, 5.41) is 0. The Morgan fingerprint density at radius 1 is 1.38 bits per heavy atom. The average molecular weight is 293 g/mol. The lowest BCUT2D eigenvalue weighted by Gasteiger charge is -2.42. The Balaban J connectivity index is 1.51. The van der Waals surface area contributed by atoms with E-state index in [0.717, 1.165) is 64.5 Å². The van der Waals surface area contributed by atoms with Gasteiger partial charge in [0.2, 0.25) is 0 Å². The number of hydrogen-bond acceptors (Lipinski definition) is 4. The Hall–Kier alpha value is -0.840. The van der Waals surface area contributed by atoms with Crippen molar-refractivity contribution < 1.29 is 13.9 Å². The molecule has 0 N–H and O–H groups in total. The third kappa shape index (κ3) is 3.50. The molecular weight excluding hydrogens is 266 g/mol. The van der Waals surface area contributed by atoms with Crippen LogP contribution in [0.1, 0.15) is 38.4 Å². The number of nitrogens with zero attached hydrogens (tertiary/aromatic N) is 1. The zero-order valence-corrected chi connectivity index (χ0v) is 13.1. The SMILES string of the molecule is CCOCC[C@H]1CCOC12CCN(Cc1ccco1)CC2. The minimum absolute atomic E-state index is 0.122. The Labute approximate surface area is 127 Å². The van der Waals surface area contributed by atoms with Crippen LogP contribution in [0.3, 0.4) is 0 Å². The molecule has 0 aromatic carbocycles. The maximum atomic E-state index is 6.20. The van der Waals surface area contributed by atoms with Crippen LogP contribution < -0.4 is 0 Å². The molecule has 1 aromatic rings. The van der Waals surface area contributed by atoms with Crippen LogP contribution in [0.4, 0.5) is 0 Å². The maximum Gasteiger partial charge on any atom is 0.117 e. The van der Waals surface area contributed by atoms with Gasteiger partial charge in [0.15, 0.2) is 0 Å². The van der Waals surface area contributed by atoms with Gasteiger partial charge < -0.3 is 13.9 Å². The third-order valence-corrected chi connectivity index (χ3v) is 5.08. The van der Waals surface area contributed by atoms with Crippen molar-refractivity contribution in [2.45, 2.75) is 44.8 Å².